The van der Waals surface area contributed by atoms with Crippen molar-refractivity contribution in [3.63, 3.8) is 0 Å². The molecule has 0 amide bonds. The van der Waals surface area contributed by atoms with Gasteiger partial charge in [0.1, 0.15) is 0 Å². The number of rotatable bonds is 5. The summed E-state index contributed by atoms with van der Waals surface area (Å²) in [4.78, 5) is 2.65. The van der Waals surface area contributed by atoms with Gasteiger partial charge >= 0.3 is 0 Å². The molecule has 1 rings (SSSR count). The van der Waals surface area contributed by atoms with Crippen LogP contribution in [0.3, 0.4) is 0 Å². The highest BCUT2D eigenvalue weighted by atomic mass is 79.9. The first-order valence-corrected chi connectivity index (χ1v) is 6.70. The Kier molecular flexibility index (Phi) is 5.34. The van der Waals surface area contributed by atoms with Crippen molar-refractivity contribution in [1.82, 2.24) is 4.90 Å². The lowest BCUT2D eigenvalue weighted by Crippen LogP contribution is -2.32. The van der Waals surface area contributed by atoms with E-state index in [0.29, 0.717) is 0 Å². The van der Waals surface area contributed by atoms with Crippen LogP contribution in [0.4, 0.5) is 0 Å². The van der Waals surface area contributed by atoms with Gasteiger partial charge in [-0.25, -0.2) is 0 Å². The molecule has 0 aliphatic carbocycles. The molecule has 0 aromatic carbocycles. The van der Waals surface area contributed by atoms with E-state index in [0.717, 1.165) is 12.0 Å². The average molecular weight is 248 g/mol. The lowest BCUT2D eigenvalue weighted by Gasteiger charge is -2.25. The van der Waals surface area contributed by atoms with Gasteiger partial charge in [0.25, 0.3) is 0 Å². The average Bonchev–Trinajstić information content (AvgIpc) is 2.51. The van der Waals surface area contributed by atoms with Gasteiger partial charge in [-0.1, -0.05) is 29.3 Å². The predicted molar refractivity (Wildman–Crippen MR) is 62.5 cm³/mol. The zero-order chi connectivity index (χ0) is 9.68. The molecule has 1 aliphatic rings. The molecule has 0 radical (unpaired) electrons. The van der Waals surface area contributed by atoms with Crippen molar-refractivity contribution < 1.29 is 0 Å². The van der Waals surface area contributed by atoms with Crippen molar-refractivity contribution in [2.45, 2.75) is 45.6 Å². The molecule has 0 bridgehead atoms. The Morgan fingerprint density at radius 3 is 2.77 bits per heavy atom. The normalized spacial score (nSPS) is 26.5. The molecule has 2 unspecified atom stereocenters. The van der Waals surface area contributed by atoms with Gasteiger partial charge in [0.2, 0.25) is 0 Å². The van der Waals surface area contributed by atoms with Crippen molar-refractivity contribution >= 4 is 15.9 Å². The monoisotopic (exact) mass is 247 g/mol. The topological polar surface area (TPSA) is 3.24 Å². The van der Waals surface area contributed by atoms with Crippen LogP contribution in [0.15, 0.2) is 0 Å². The highest BCUT2D eigenvalue weighted by molar-refractivity contribution is 9.09. The van der Waals surface area contributed by atoms with Gasteiger partial charge in [0, 0.05) is 17.9 Å². The fraction of sp³-hybridized carbons (Fsp3) is 1.00. The van der Waals surface area contributed by atoms with Crippen LogP contribution < -0.4 is 0 Å². The molecule has 1 heterocycles. The van der Waals surface area contributed by atoms with Gasteiger partial charge in [-0.05, 0) is 38.6 Å². The molecule has 1 saturated heterocycles. The third-order valence-electron chi connectivity index (χ3n) is 3.10. The van der Waals surface area contributed by atoms with E-state index in [1.807, 2.05) is 0 Å². The number of halogens is 1. The van der Waals surface area contributed by atoms with Gasteiger partial charge in [-0.15, -0.1) is 0 Å². The molecule has 0 N–H and O–H groups in total. The van der Waals surface area contributed by atoms with Gasteiger partial charge in [0.15, 0.2) is 0 Å². The Balaban J connectivity index is 2.27. The van der Waals surface area contributed by atoms with E-state index in [1.54, 1.807) is 0 Å². The van der Waals surface area contributed by atoms with E-state index in [1.165, 1.54) is 44.1 Å². The summed E-state index contributed by atoms with van der Waals surface area (Å²) in [5.41, 5.74) is 0. The molecule has 1 nitrogen and oxygen atoms in total. The fourth-order valence-corrected chi connectivity index (χ4v) is 2.75. The van der Waals surface area contributed by atoms with Crippen LogP contribution in [0.5, 0.6) is 0 Å². The van der Waals surface area contributed by atoms with Crippen LogP contribution in [-0.2, 0) is 0 Å². The summed E-state index contributed by atoms with van der Waals surface area (Å²) < 4.78 is 0. The predicted octanol–water partition coefficient (Wildman–Crippen LogP) is 3.28. The molecule has 1 fully saturated rings. The standard InChI is InChI=1S/C11H22BrN/c1-3-5-11(8-12)9-13-7-4-6-10(13)2/h10-11H,3-9H2,1-2H3. The highest BCUT2D eigenvalue weighted by Gasteiger charge is 2.22. The first kappa shape index (κ1) is 11.5. The molecule has 2 atom stereocenters. The second-order valence-electron chi connectivity index (χ2n) is 4.30. The summed E-state index contributed by atoms with van der Waals surface area (Å²) >= 11 is 3.62. The second-order valence-corrected chi connectivity index (χ2v) is 4.94. The Hall–Kier alpha value is 0.440. The maximum absolute atomic E-state index is 3.62. The number of alkyl halides is 1. The minimum atomic E-state index is 0.832. The van der Waals surface area contributed by atoms with E-state index in [9.17, 15) is 0 Å². The number of hydrogen-bond donors (Lipinski definition) is 0. The molecule has 0 aromatic rings. The van der Waals surface area contributed by atoms with Crippen molar-refractivity contribution in [3.8, 4) is 0 Å². The molecule has 0 spiro atoms. The van der Waals surface area contributed by atoms with E-state index >= 15 is 0 Å². The summed E-state index contributed by atoms with van der Waals surface area (Å²) in [5.74, 6) is 0.866. The minimum Gasteiger partial charge on any atom is -0.300 e. The Morgan fingerprint density at radius 1 is 1.54 bits per heavy atom. The molecular weight excluding hydrogens is 226 g/mol. The summed E-state index contributed by atoms with van der Waals surface area (Å²) in [7, 11) is 0. The highest BCUT2D eigenvalue weighted by Crippen LogP contribution is 2.20. The SMILES string of the molecule is CCCC(CBr)CN1CCCC1C. The number of hydrogen-bond acceptors (Lipinski definition) is 1. The van der Waals surface area contributed by atoms with Gasteiger partial charge in [-0.3, -0.25) is 0 Å². The molecule has 2 heteroatoms. The molecule has 1 aliphatic heterocycles. The first-order valence-electron chi connectivity index (χ1n) is 5.58. The quantitative estimate of drug-likeness (QED) is 0.675. The van der Waals surface area contributed by atoms with Crippen LogP contribution in [-0.4, -0.2) is 29.4 Å². The van der Waals surface area contributed by atoms with E-state index in [-0.39, 0.29) is 0 Å². The van der Waals surface area contributed by atoms with E-state index < -0.39 is 0 Å². The van der Waals surface area contributed by atoms with Crippen LogP contribution in [0.1, 0.15) is 39.5 Å². The molecule has 78 valence electrons. The third-order valence-corrected chi connectivity index (χ3v) is 4.01. The first-order chi connectivity index (χ1) is 6.27. The number of likely N-dealkylation sites (tertiary alicyclic amines) is 1. The Bertz CT molecular complexity index is 138. The second kappa shape index (κ2) is 6.02. The minimum absolute atomic E-state index is 0.832. The van der Waals surface area contributed by atoms with E-state index in [2.05, 4.69) is 34.7 Å². The maximum Gasteiger partial charge on any atom is 0.00718 e. The summed E-state index contributed by atoms with van der Waals surface area (Å²) in [6, 6.07) is 0.832. The summed E-state index contributed by atoms with van der Waals surface area (Å²) in [6.07, 6.45) is 5.50. The number of nitrogens with zero attached hydrogens (tertiary/aromatic N) is 1. The van der Waals surface area contributed by atoms with Crippen molar-refractivity contribution in [2.24, 2.45) is 5.92 Å². The third kappa shape index (κ3) is 3.59. The lowest BCUT2D eigenvalue weighted by atomic mass is 10.1. The van der Waals surface area contributed by atoms with Crippen LogP contribution in [0.2, 0.25) is 0 Å². The van der Waals surface area contributed by atoms with Crippen molar-refractivity contribution in [2.75, 3.05) is 18.4 Å². The zero-order valence-corrected chi connectivity index (χ0v) is 10.5. The van der Waals surface area contributed by atoms with Crippen molar-refractivity contribution in [1.29, 1.82) is 0 Å². The van der Waals surface area contributed by atoms with Crippen LogP contribution >= 0.6 is 15.9 Å². The molecule has 0 saturated carbocycles. The Morgan fingerprint density at radius 2 is 2.31 bits per heavy atom. The fourth-order valence-electron chi connectivity index (χ4n) is 2.22. The lowest BCUT2D eigenvalue weighted by molar-refractivity contribution is 0.229. The van der Waals surface area contributed by atoms with Crippen LogP contribution in [0, 0.1) is 5.92 Å². The van der Waals surface area contributed by atoms with Gasteiger partial charge in [0.05, 0.1) is 0 Å². The summed E-state index contributed by atoms with van der Waals surface area (Å²) in [6.45, 7) is 7.28. The Labute approximate surface area is 91.0 Å². The van der Waals surface area contributed by atoms with Crippen LogP contribution in [0.25, 0.3) is 0 Å². The molecular formula is C11H22BrN. The van der Waals surface area contributed by atoms with E-state index in [4.69, 9.17) is 0 Å². The largest absolute Gasteiger partial charge is 0.300 e. The smallest absolute Gasteiger partial charge is 0.00718 e. The summed E-state index contributed by atoms with van der Waals surface area (Å²) in [5, 5.41) is 1.17. The molecule has 0 aromatic heterocycles. The van der Waals surface area contributed by atoms with Gasteiger partial charge < -0.3 is 4.90 Å². The van der Waals surface area contributed by atoms with Gasteiger partial charge in [-0.2, -0.15) is 0 Å². The molecule has 13 heavy (non-hydrogen) atoms. The maximum atomic E-state index is 3.62. The zero-order valence-electron chi connectivity index (χ0n) is 8.93. The van der Waals surface area contributed by atoms with Crippen molar-refractivity contribution in [3.05, 3.63) is 0 Å².